The number of benzene rings is 3. The van der Waals surface area contributed by atoms with Gasteiger partial charge in [0.2, 0.25) is 0 Å². The summed E-state index contributed by atoms with van der Waals surface area (Å²) in [4.78, 5) is 11.1. The normalized spacial score (nSPS) is 11.3. The van der Waals surface area contributed by atoms with Crippen molar-refractivity contribution in [2.75, 3.05) is 0 Å². The molecule has 3 heteroatoms. The molecular weight excluding hydrogens is 279 g/mol. The Bertz CT molecular complexity index is 778. The van der Waals surface area contributed by atoms with Gasteiger partial charge in [0.15, 0.2) is 10.6 Å². The van der Waals surface area contributed by atoms with Gasteiger partial charge in [0.1, 0.15) is 0 Å². The Kier molecular flexibility index (Phi) is 3.17. The van der Waals surface area contributed by atoms with E-state index in [2.05, 4.69) is 0 Å². The third-order valence-electron chi connectivity index (χ3n) is 3.23. The van der Waals surface area contributed by atoms with E-state index in [0.717, 1.165) is 21.5 Å². The molecule has 0 spiro atoms. The summed E-state index contributed by atoms with van der Waals surface area (Å²) in [6, 6.07) is 17.6. The Morgan fingerprint density at radius 2 is 1.42 bits per heavy atom. The predicted octanol–water partition coefficient (Wildman–Crippen LogP) is 4.98. The maximum absolute atomic E-state index is 12.1. The summed E-state index contributed by atoms with van der Waals surface area (Å²) >= 11 is 11.5. The second-order valence-corrected chi connectivity index (χ2v) is 5.45. The van der Waals surface area contributed by atoms with Crippen LogP contribution in [0.15, 0.2) is 54.6 Å². The summed E-state index contributed by atoms with van der Waals surface area (Å²) < 4.78 is 0. The molecule has 0 radical (unpaired) electrons. The van der Waals surface area contributed by atoms with Gasteiger partial charge in [-0.1, -0.05) is 71.7 Å². The van der Waals surface area contributed by atoms with E-state index in [4.69, 9.17) is 23.2 Å². The first-order chi connectivity index (χ1) is 9.18. The van der Waals surface area contributed by atoms with Crippen LogP contribution in [0.3, 0.4) is 0 Å². The van der Waals surface area contributed by atoms with Gasteiger partial charge in [0, 0.05) is 5.56 Å². The number of carbonyl (C=O) groups excluding carboxylic acids is 1. The first-order valence-corrected chi connectivity index (χ1v) is 6.78. The van der Waals surface area contributed by atoms with Crippen LogP contribution in [0.1, 0.15) is 10.4 Å². The van der Waals surface area contributed by atoms with Crippen molar-refractivity contribution in [3.63, 3.8) is 0 Å². The van der Waals surface area contributed by atoms with Crippen molar-refractivity contribution in [2.24, 2.45) is 0 Å². The van der Waals surface area contributed by atoms with Gasteiger partial charge in [0.25, 0.3) is 0 Å². The molecule has 3 aromatic carbocycles. The number of Topliss-reactive ketones (excluding diaryl/α,β-unsaturated/α-hetero) is 1. The van der Waals surface area contributed by atoms with Crippen molar-refractivity contribution in [2.45, 2.75) is 4.84 Å². The SMILES string of the molecule is O=C(c1cc2ccccc2c2ccccc12)C(Cl)Cl. The third kappa shape index (κ3) is 2.09. The van der Waals surface area contributed by atoms with E-state index in [1.807, 2.05) is 54.6 Å². The zero-order chi connectivity index (χ0) is 13.4. The fourth-order valence-corrected chi connectivity index (χ4v) is 2.61. The van der Waals surface area contributed by atoms with Gasteiger partial charge in [0.05, 0.1) is 0 Å². The minimum atomic E-state index is -1.04. The maximum atomic E-state index is 12.1. The van der Waals surface area contributed by atoms with Gasteiger partial charge in [-0.15, -0.1) is 0 Å². The van der Waals surface area contributed by atoms with Crippen molar-refractivity contribution in [3.8, 4) is 0 Å². The van der Waals surface area contributed by atoms with Crippen LogP contribution in [-0.2, 0) is 0 Å². The summed E-state index contributed by atoms with van der Waals surface area (Å²) in [6.45, 7) is 0. The van der Waals surface area contributed by atoms with Crippen LogP contribution < -0.4 is 0 Å². The van der Waals surface area contributed by atoms with Crippen LogP contribution in [-0.4, -0.2) is 10.6 Å². The Morgan fingerprint density at radius 3 is 2.11 bits per heavy atom. The lowest BCUT2D eigenvalue weighted by Gasteiger charge is -2.10. The molecular formula is C16H10Cl2O. The number of ketones is 1. The van der Waals surface area contributed by atoms with E-state index in [9.17, 15) is 4.79 Å². The van der Waals surface area contributed by atoms with E-state index in [-0.39, 0.29) is 5.78 Å². The van der Waals surface area contributed by atoms with E-state index in [1.54, 1.807) is 0 Å². The number of hydrogen-bond donors (Lipinski definition) is 0. The molecule has 0 heterocycles. The summed E-state index contributed by atoms with van der Waals surface area (Å²) in [5, 5.41) is 4.06. The van der Waals surface area contributed by atoms with Crippen molar-refractivity contribution in [3.05, 3.63) is 60.2 Å². The molecule has 0 aliphatic heterocycles. The van der Waals surface area contributed by atoms with Gasteiger partial charge in [-0.05, 0) is 27.6 Å². The lowest BCUT2D eigenvalue weighted by molar-refractivity contribution is 0.101. The quantitative estimate of drug-likeness (QED) is 0.369. The van der Waals surface area contributed by atoms with Crippen LogP contribution in [0.5, 0.6) is 0 Å². The molecule has 0 bridgehead atoms. The molecule has 1 nitrogen and oxygen atoms in total. The van der Waals surface area contributed by atoms with Crippen molar-refractivity contribution in [1.29, 1.82) is 0 Å². The zero-order valence-electron chi connectivity index (χ0n) is 9.94. The number of halogens is 2. The Labute approximate surface area is 120 Å². The number of hydrogen-bond acceptors (Lipinski definition) is 1. The Morgan fingerprint density at radius 1 is 0.842 bits per heavy atom. The highest BCUT2D eigenvalue weighted by atomic mass is 35.5. The molecule has 0 aliphatic carbocycles. The van der Waals surface area contributed by atoms with Crippen LogP contribution in [0.25, 0.3) is 21.5 Å². The van der Waals surface area contributed by atoms with Crippen LogP contribution in [0.4, 0.5) is 0 Å². The highest BCUT2D eigenvalue weighted by Crippen LogP contribution is 2.30. The fourth-order valence-electron chi connectivity index (χ4n) is 2.38. The average molecular weight is 289 g/mol. The summed E-state index contributed by atoms with van der Waals surface area (Å²) in [5.41, 5.74) is 0.573. The number of alkyl halides is 2. The predicted molar refractivity (Wildman–Crippen MR) is 81.3 cm³/mol. The highest BCUT2D eigenvalue weighted by Gasteiger charge is 2.18. The molecule has 0 unspecified atom stereocenters. The maximum Gasteiger partial charge on any atom is 0.196 e. The Balaban J connectivity index is 2.46. The number of carbonyl (C=O) groups is 1. The molecule has 3 aromatic rings. The topological polar surface area (TPSA) is 17.1 Å². The molecule has 19 heavy (non-hydrogen) atoms. The largest absolute Gasteiger partial charge is 0.291 e. The summed E-state index contributed by atoms with van der Waals surface area (Å²) in [7, 11) is 0. The lowest BCUT2D eigenvalue weighted by Crippen LogP contribution is -2.08. The van der Waals surface area contributed by atoms with Crippen LogP contribution in [0, 0.1) is 0 Å². The molecule has 0 aromatic heterocycles. The average Bonchev–Trinajstić information content (AvgIpc) is 2.45. The van der Waals surface area contributed by atoms with Gasteiger partial charge in [-0.3, -0.25) is 4.79 Å². The fraction of sp³-hybridized carbons (Fsp3) is 0.0625. The third-order valence-corrected chi connectivity index (χ3v) is 3.63. The molecule has 0 amide bonds. The van der Waals surface area contributed by atoms with Crippen LogP contribution >= 0.6 is 23.2 Å². The standard InChI is InChI=1S/C16H10Cl2O/c17-16(18)15(19)14-9-10-5-1-2-6-11(10)12-7-3-4-8-13(12)14/h1-9,16H. The van der Waals surface area contributed by atoms with Gasteiger partial charge in [-0.2, -0.15) is 0 Å². The van der Waals surface area contributed by atoms with E-state index >= 15 is 0 Å². The Hall–Kier alpha value is -1.57. The lowest BCUT2D eigenvalue weighted by atomic mass is 9.95. The van der Waals surface area contributed by atoms with Gasteiger partial charge in [-0.25, -0.2) is 0 Å². The minimum absolute atomic E-state index is 0.259. The smallest absolute Gasteiger partial charge is 0.196 e. The molecule has 3 rings (SSSR count). The molecule has 0 N–H and O–H groups in total. The molecule has 0 atom stereocenters. The summed E-state index contributed by atoms with van der Waals surface area (Å²) in [6.07, 6.45) is 0. The molecule has 94 valence electrons. The van der Waals surface area contributed by atoms with Crippen molar-refractivity contribution in [1.82, 2.24) is 0 Å². The minimum Gasteiger partial charge on any atom is -0.291 e. The van der Waals surface area contributed by atoms with E-state index in [1.165, 1.54) is 0 Å². The molecule has 0 saturated carbocycles. The monoisotopic (exact) mass is 288 g/mol. The van der Waals surface area contributed by atoms with E-state index < -0.39 is 4.84 Å². The zero-order valence-corrected chi connectivity index (χ0v) is 11.4. The van der Waals surface area contributed by atoms with Gasteiger partial charge >= 0.3 is 0 Å². The van der Waals surface area contributed by atoms with E-state index in [0.29, 0.717) is 5.56 Å². The van der Waals surface area contributed by atoms with Crippen LogP contribution in [0.2, 0.25) is 0 Å². The van der Waals surface area contributed by atoms with Gasteiger partial charge < -0.3 is 0 Å². The number of fused-ring (bicyclic) bond motifs is 3. The molecule has 0 saturated heterocycles. The first-order valence-electron chi connectivity index (χ1n) is 5.91. The van der Waals surface area contributed by atoms with Crippen molar-refractivity contribution >= 4 is 50.5 Å². The second kappa shape index (κ2) is 4.84. The molecule has 0 fully saturated rings. The molecule has 0 aliphatic rings. The highest BCUT2D eigenvalue weighted by molar-refractivity contribution is 6.56. The van der Waals surface area contributed by atoms with Crippen molar-refractivity contribution < 1.29 is 4.79 Å². The second-order valence-electron chi connectivity index (χ2n) is 4.36. The number of rotatable bonds is 2. The first kappa shape index (κ1) is 12.5. The summed E-state index contributed by atoms with van der Waals surface area (Å²) in [5.74, 6) is -0.259.